The van der Waals surface area contributed by atoms with Crippen LogP contribution in [0.1, 0.15) is 43.9 Å². The molecular weight excluding hydrogens is 488 g/mol. The van der Waals surface area contributed by atoms with Crippen LogP contribution in [0.3, 0.4) is 0 Å². The number of ether oxygens (including phenoxy) is 4. The number of carbonyl (C=O) groups excluding carboxylic acids is 2. The number of Topliss-reactive ketones (excluding diaryl/α,β-unsaturated/α-hetero) is 1. The summed E-state index contributed by atoms with van der Waals surface area (Å²) in [5, 5.41) is 11.4. The zero-order valence-electron chi connectivity index (χ0n) is 22.5. The summed E-state index contributed by atoms with van der Waals surface area (Å²) >= 11 is 0. The van der Waals surface area contributed by atoms with Crippen LogP contribution in [-0.2, 0) is 9.59 Å². The van der Waals surface area contributed by atoms with Crippen molar-refractivity contribution in [1.29, 1.82) is 0 Å². The summed E-state index contributed by atoms with van der Waals surface area (Å²) in [7, 11) is 3.91. The molecule has 0 unspecified atom stereocenters. The van der Waals surface area contributed by atoms with Crippen molar-refractivity contribution in [2.75, 3.05) is 53.6 Å². The van der Waals surface area contributed by atoms with Crippen LogP contribution in [0.15, 0.2) is 42.0 Å². The molecule has 2 aromatic rings. The second kappa shape index (κ2) is 12.2. The van der Waals surface area contributed by atoms with E-state index in [2.05, 4.69) is 0 Å². The highest BCUT2D eigenvalue weighted by molar-refractivity contribution is 6.46. The minimum atomic E-state index is -0.787. The van der Waals surface area contributed by atoms with Gasteiger partial charge in [0.05, 0.1) is 24.8 Å². The lowest BCUT2D eigenvalue weighted by Crippen LogP contribution is -2.32. The number of nitrogens with zero attached hydrogens (tertiary/aromatic N) is 2. The van der Waals surface area contributed by atoms with Crippen molar-refractivity contribution in [3.8, 4) is 23.0 Å². The predicted molar refractivity (Wildman–Crippen MR) is 143 cm³/mol. The Hall–Kier alpha value is -3.72. The predicted octanol–water partition coefficient (Wildman–Crippen LogP) is 4.02. The minimum absolute atomic E-state index is 0.0289. The van der Waals surface area contributed by atoms with E-state index in [4.69, 9.17) is 18.9 Å². The van der Waals surface area contributed by atoms with E-state index in [0.29, 0.717) is 73.5 Å². The maximum absolute atomic E-state index is 13.4. The Bertz CT molecular complexity index is 1210. The van der Waals surface area contributed by atoms with Gasteiger partial charge in [-0.25, -0.2) is 0 Å². The number of fused-ring (bicyclic) bond motifs is 1. The van der Waals surface area contributed by atoms with Gasteiger partial charge in [-0.15, -0.1) is 0 Å². The summed E-state index contributed by atoms with van der Waals surface area (Å²) in [6, 6.07) is 9.60. The molecule has 1 saturated heterocycles. The SMILES string of the molecule is CCCOc1ccc([C@H]2C(=C(O)c3ccc4c(c3)OCCO4)C(=O)C(=O)N2CCCN(C)C)cc1OCC. The second-order valence-corrected chi connectivity index (χ2v) is 9.50. The molecule has 2 aromatic carbocycles. The summed E-state index contributed by atoms with van der Waals surface area (Å²) in [6.07, 6.45) is 1.51. The Balaban J connectivity index is 1.80. The van der Waals surface area contributed by atoms with Crippen molar-refractivity contribution in [2.45, 2.75) is 32.7 Å². The van der Waals surface area contributed by atoms with Gasteiger partial charge in [0.1, 0.15) is 19.0 Å². The van der Waals surface area contributed by atoms with Gasteiger partial charge >= 0.3 is 0 Å². The lowest BCUT2D eigenvalue weighted by molar-refractivity contribution is -0.139. The molecule has 204 valence electrons. The molecule has 9 heteroatoms. The van der Waals surface area contributed by atoms with Gasteiger partial charge in [-0.2, -0.15) is 0 Å². The van der Waals surface area contributed by atoms with Crippen molar-refractivity contribution >= 4 is 17.4 Å². The first-order valence-corrected chi connectivity index (χ1v) is 13.1. The average Bonchev–Trinajstić information content (AvgIpc) is 3.16. The third-order valence-corrected chi connectivity index (χ3v) is 6.40. The fourth-order valence-corrected chi connectivity index (χ4v) is 4.65. The van der Waals surface area contributed by atoms with Crippen LogP contribution < -0.4 is 18.9 Å². The smallest absolute Gasteiger partial charge is 0.295 e. The average molecular weight is 525 g/mol. The highest BCUT2D eigenvalue weighted by Crippen LogP contribution is 2.43. The Labute approximate surface area is 223 Å². The number of ketones is 1. The molecule has 4 rings (SSSR count). The summed E-state index contributed by atoms with van der Waals surface area (Å²) in [5.41, 5.74) is 1.06. The van der Waals surface area contributed by atoms with E-state index in [1.54, 1.807) is 30.3 Å². The third kappa shape index (κ3) is 5.72. The van der Waals surface area contributed by atoms with Crippen molar-refractivity contribution in [3.05, 3.63) is 53.1 Å². The molecule has 0 spiro atoms. The quantitative estimate of drug-likeness (QED) is 0.268. The first-order valence-electron chi connectivity index (χ1n) is 13.1. The fraction of sp³-hybridized carbons (Fsp3) is 0.448. The first kappa shape index (κ1) is 27.3. The Kier molecular flexibility index (Phi) is 8.78. The number of benzene rings is 2. The maximum Gasteiger partial charge on any atom is 0.295 e. The topological polar surface area (TPSA) is 97.8 Å². The van der Waals surface area contributed by atoms with Gasteiger partial charge in [-0.3, -0.25) is 9.59 Å². The van der Waals surface area contributed by atoms with Gasteiger partial charge in [-0.1, -0.05) is 13.0 Å². The number of likely N-dealkylation sites (tertiary alicyclic amines) is 1. The molecule has 0 aliphatic carbocycles. The largest absolute Gasteiger partial charge is 0.507 e. The lowest BCUT2D eigenvalue weighted by Gasteiger charge is -2.27. The Morgan fingerprint density at radius 1 is 1.03 bits per heavy atom. The molecule has 9 nitrogen and oxygen atoms in total. The van der Waals surface area contributed by atoms with Crippen LogP contribution in [0, 0.1) is 0 Å². The molecule has 1 atom stereocenters. The number of hydrogen-bond donors (Lipinski definition) is 1. The van der Waals surface area contributed by atoms with Crippen LogP contribution in [0.5, 0.6) is 23.0 Å². The van der Waals surface area contributed by atoms with Crippen molar-refractivity contribution in [2.24, 2.45) is 0 Å². The summed E-state index contributed by atoms with van der Waals surface area (Å²) in [5.74, 6) is 0.537. The van der Waals surface area contributed by atoms with E-state index in [0.717, 1.165) is 13.0 Å². The molecule has 0 radical (unpaired) electrons. The van der Waals surface area contributed by atoms with Crippen LogP contribution in [0.4, 0.5) is 0 Å². The molecular formula is C29H36N2O7. The molecule has 0 saturated carbocycles. The van der Waals surface area contributed by atoms with E-state index < -0.39 is 17.7 Å². The van der Waals surface area contributed by atoms with E-state index in [1.807, 2.05) is 38.9 Å². The van der Waals surface area contributed by atoms with Gasteiger partial charge in [0, 0.05) is 12.1 Å². The summed E-state index contributed by atoms with van der Waals surface area (Å²) in [6.45, 7) is 6.78. The van der Waals surface area contributed by atoms with Crippen LogP contribution >= 0.6 is 0 Å². The number of hydrogen-bond acceptors (Lipinski definition) is 8. The molecule has 0 bridgehead atoms. The molecule has 1 N–H and O–H groups in total. The van der Waals surface area contributed by atoms with Gasteiger partial charge in [0.2, 0.25) is 0 Å². The number of rotatable bonds is 11. The highest BCUT2D eigenvalue weighted by atomic mass is 16.6. The Morgan fingerprint density at radius 2 is 1.79 bits per heavy atom. The van der Waals surface area contributed by atoms with E-state index in [-0.39, 0.29) is 11.3 Å². The monoisotopic (exact) mass is 524 g/mol. The number of aliphatic hydroxyl groups is 1. The van der Waals surface area contributed by atoms with Gasteiger partial charge < -0.3 is 33.9 Å². The standard InChI is InChI=1S/C29H36N2O7/c1-5-14-36-21-10-8-19(17-23(21)35-6-2)26-25(28(33)29(34)31(26)13-7-12-30(3)4)27(32)20-9-11-22-24(18-20)38-16-15-37-22/h8-11,17-18,26,32H,5-7,12-16H2,1-4H3/t26-/m0/s1. The van der Waals surface area contributed by atoms with E-state index in [9.17, 15) is 14.7 Å². The summed E-state index contributed by atoms with van der Waals surface area (Å²) < 4.78 is 22.9. The zero-order chi connectivity index (χ0) is 27.2. The molecule has 1 fully saturated rings. The molecule has 38 heavy (non-hydrogen) atoms. The maximum atomic E-state index is 13.4. The third-order valence-electron chi connectivity index (χ3n) is 6.40. The first-order chi connectivity index (χ1) is 18.3. The van der Waals surface area contributed by atoms with E-state index >= 15 is 0 Å². The van der Waals surface area contributed by atoms with Gasteiger partial charge in [0.25, 0.3) is 11.7 Å². The highest BCUT2D eigenvalue weighted by Gasteiger charge is 2.46. The molecule has 0 aromatic heterocycles. The van der Waals surface area contributed by atoms with Crippen LogP contribution in [0.25, 0.3) is 5.76 Å². The molecule has 2 heterocycles. The molecule has 2 aliphatic heterocycles. The number of amides is 1. The van der Waals surface area contributed by atoms with Crippen molar-refractivity contribution in [1.82, 2.24) is 9.80 Å². The zero-order valence-corrected chi connectivity index (χ0v) is 22.5. The fourth-order valence-electron chi connectivity index (χ4n) is 4.65. The minimum Gasteiger partial charge on any atom is -0.507 e. The van der Waals surface area contributed by atoms with Gasteiger partial charge in [-0.05, 0) is 76.3 Å². The molecule has 2 aliphatic rings. The second-order valence-electron chi connectivity index (χ2n) is 9.50. The normalized spacial score (nSPS) is 18.2. The van der Waals surface area contributed by atoms with Crippen LogP contribution in [0.2, 0.25) is 0 Å². The van der Waals surface area contributed by atoms with Crippen LogP contribution in [-0.4, -0.2) is 80.2 Å². The number of aliphatic hydroxyl groups excluding tert-OH is 1. The van der Waals surface area contributed by atoms with Gasteiger partial charge in [0.15, 0.2) is 23.0 Å². The lowest BCUT2D eigenvalue weighted by atomic mass is 9.94. The summed E-state index contributed by atoms with van der Waals surface area (Å²) in [4.78, 5) is 30.2. The van der Waals surface area contributed by atoms with Crippen molar-refractivity contribution in [3.63, 3.8) is 0 Å². The number of carbonyl (C=O) groups is 2. The molecule has 1 amide bonds. The van der Waals surface area contributed by atoms with Crippen molar-refractivity contribution < 1.29 is 33.6 Å². The van der Waals surface area contributed by atoms with E-state index in [1.165, 1.54) is 4.90 Å². The Morgan fingerprint density at radius 3 is 2.50 bits per heavy atom.